The molecule has 0 saturated heterocycles. The zero-order chi connectivity index (χ0) is 13.4. The van der Waals surface area contributed by atoms with Gasteiger partial charge in [-0.1, -0.05) is 20.3 Å². The van der Waals surface area contributed by atoms with Crippen LogP contribution in [-0.4, -0.2) is 38.3 Å². The third kappa shape index (κ3) is 9.35. The van der Waals surface area contributed by atoms with Gasteiger partial charge in [0.15, 0.2) is 0 Å². The van der Waals surface area contributed by atoms with Crippen molar-refractivity contribution >= 4 is 0 Å². The van der Waals surface area contributed by atoms with Crippen molar-refractivity contribution in [1.29, 1.82) is 0 Å². The molecule has 104 valence electrons. The van der Waals surface area contributed by atoms with Gasteiger partial charge in [0.1, 0.15) is 13.2 Å². The Morgan fingerprint density at radius 1 is 0.824 bits per heavy atom. The molecule has 0 rings (SSSR count). The fourth-order valence-electron chi connectivity index (χ4n) is 1.10. The minimum absolute atomic E-state index is 0.0981. The molecular formula is C11H20F4O2. The van der Waals surface area contributed by atoms with Crippen LogP contribution in [0.1, 0.15) is 33.1 Å². The topological polar surface area (TPSA) is 18.5 Å². The highest BCUT2D eigenvalue weighted by Gasteiger charge is 2.28. The van der Waals surface area contributed by atoms with Gasteiger partial charge in [-0.3, -0.25) is 0 Å². The molecule has 0 aliphatic carbocycles. The molecule has 0 aliphatic rings. The Hall–Kier alpha value is -0.360. The van der Waals surface area contributed by atoms with E-state index in [2.05, 4.69) is 9.47 Å². The smallest absolute Gasteiger partial charge is 0.270 e. The molecule has 6 heteroatoms. The summed E-state index contributed by atoms with van der Waals surface area (Å²) < 4.78 is 60.4. The first kappa shape index (κ1) is 16.6. The maximum atomic E-state index is 12.9. The first-order valence-electron chi connectivity index (χ1n) is 5.74. The lowest BCUT2D eigenvalue weighted by Crippen LogP contribution is -2.26. The van der Waals surface area contributed by atoms with Crippen LogP contribution >= 0.6 is 0 Å². The van der Waals surface area contributed by atoms with E-state index in [0.717, 1.165) is 0 Å². The second-order valence-electron chi connectivity index (χ2n) is 3.92. The van der Waals surface area contributed by atoms with Crippen LogP contribution in [0.3, 0.4) is 0 Å². The normalized spacial score (nSPS) is 13.1. The summed E-state index contributed by atoms with van der Waals surface area (Å²) in [5.41, 5.74) is 0. The van der Waals surface area contributed by atoms with E-state index >= 15 is 0 Å². The van der Waals surface area contributed by atoms with E-state index in [1.807, 2.05) is 0 Å². The second-order valence-corrected chi connectivity index (χ2v) is 3.92. The van der Waals surface area contributed by atoms with E-state index in [9.17, 15) is 17.6 Å². The highest BCUT2D eigenvalue weighted by atomic mass is 19.3. The molecule has 0 aromatic carbocycles. The van der Waals surface area contributed by atoms with Gasteiger partial charge >= 0.3 is 0 Å². The van der Waals surface area contributed by atoms with Crippen molar-refractivity contribution in [2.45, 2.75) is 45.0 Å². The lowest BCUT2D eigenvalue weighted by molar-refractivity contribution is -0.109. The first-order chi connectivity index (χ1) is 7.83. The standard InChI is InChI=1S/C11H20F4O2/c1-3-5-11(14,15)9-17-7-6-16-8-10(12,13)4-2/h3-9H2,1-2H3. The number of alkyl halides is 4. The second kappa shape index (κ2) is 7.87. The number of halogens is 4. The third-order valence-corrected chi connectivity index (χ3v) is 2.13. The van der Waals surface area contributed by atoms with Crippen LogP contribution in [0.25, 0.3) is 0 Å². The fraction of sp³-hybridized carbons (Fsp3) is 1.00. The van der Waals surface area contributed by atoms with Crippen molar-refractivity contribution in [2.24, 2.45) is 0 Å². The van der Waals surface area contributed by atoms with Crippen LogP contribution < -0.4 is 0 Å². The number of ether oxygens (including phenoxy) is 2. The number of hydrogen-bond acceptors (Lipinski definition) is 2. The monoisotopic (exact) mass is 260 g/mol. The van der Waals surface area contributed by atoms with Crippen molar-refractivity contribution in [2.75, 3.05) is 26.4 Å². The molecule has 0 aromatic heterocycles. The Balaban J connectivity index is 3.47. The molecule has 0 aromatic rings. The van der Waals surface area contributed by atoms with Gasteiger partial charge in [-0.15, -0.1) is 0 Å². The summed E-state index contributed by atoms with van der Waals surface area (Å²) in [5.74, 6) is -5.70. The van der Waals surface area contributed by atoms with E-state index in [1.165, 1.54) is 6.92 Å². The molecule has 0 unspecified atom stereocenters. The van der Waals surface area contributed by atoms with Gasteiger partial charge in [-0.25, -0.2) is 17.6 Å². The molecule has 0 atom stereocenters. The molecule has 0 N–H and O–H groups in total. The average Bonchev–Trinajstić information content (AvgIpc) is 2.23. The Kier molecular flexibility index (Phi) is 7.70. The summed E-state index contributed by atoms with van der Waals surface area (Å²) in [6.07, 6.45) is -0.167. The van der Waals surface area contributed by atoms with E-state index in [-0.39, 0.29) is 26.1 Å². The summed E-state index contributed by atoms with van der Waals surface area (Å²) >= 11 is 0. The lowest BCUT2D eigenvalue weighted by Gasteiger charge is -2.16. The van der Waals surface area contributed by atoms with Gasteiger partial charge in [-0.2, -0.15) is 0 Å². The van der Waals surface area contributed by atoms with E-state index in [4.69, 9.17) is 0 Å². The fourth-order valence-corrected chi connectivity index (χ4v) is 1.10. The van der Waals surface area contributed by atoms with Crippen LogP contribution in [0.4, 0.5) is 17.6 Å². The Morgan fingerprint density at radius 3 is 1.71 bits per heavy atom. The molecule has 0 bridgehead atoms. The highest BCUT2D eigenvalue weighted by molar-refractivity contribution is 4.64. The van der Waals surface area contributed by atoms with Gasteiger partial charge in [-0.05, 0) is 0 Å². The minimum Gasteiger partial charge on any atom is -0.373 e. The van der Waals surface area contributed by atoms with Gasteiger partial charge in [0.05, 0.1) is 13.2 Å². The molecular weight excluding hydrogens is 240 g/mol. The maximum Gasteiger partial charge on any atom is 0.270 e. The molecule has 0 heterocycles. The quantitative estimate of drug-likeness (QED) is 0.442. The van der Waals surface area contributed by atoms with Crippen LogP contribution in [0.2, 0.25) is 0 Å². The van der Waals surface area contributed by atoms with Crippen LogP contribution in [-0.2, 0) is 9.47 Å². The minimum atomic E-state index is -2.86. The van der Waals surface area contributed by atoms with Crippen LogP contribution in [0.15, 0.2) is 0 Å². The van der Waals surface area contributed by atoms with E-state index in [0.29, 0.717) is 6.42 Å². The SMILES string of the molecule is CCCC(F)(F)COCCOCC(F)(F)CC. The van der Waals surface area contributed by atoms with Gasteiger partial charge in [0.2, 0.25) is 0 Å². The highest BCUT2D eigenvalue weighted by Crippen LogP contribution is 2.20. The lowest BCUT2D eigenvalue weighted by atomic mass is 10.2. The summed E-state index contributed by atoms with van der Waals surface area (Å²) in [6, 6.07) is 0. The number of hydrogen-bond donors (Lipinski definition) is 0. The van der Waals surface area contributed by atoms with Crippen molar-refractivity contribution in [3.63, 3.8) is 0 Å². The molecule has 17 heavy (non-hydrogen) atoms. The largest absolute Gasteiger partial charge is 0.373 e. The molecule has 2 nitrogen and oxygen atoms in total. The van der Waals surface area contributed by atoms with E-state index in [1.54, 1.807) is 6.92 Å². The van der Waals surface area contributed by atoms with Gasteiger partial charge < -0.3 is 9.47 Å². The average molecular weight is 260 g/mol. The summed E-state index contributed by atoms with van der Waals surface area (Å²) in [7, 11) is 0. The van der Waals surface area contributed by atoms with Crippen LogP contribution in [0, 0.1) is 0 Å². The zero-order valence-corrected chi connectivity index (χ0v) is 10.3. The Bertz CT molecular complexity index is 198. The van der Waals surface area contributed by atoms with Crippen molar-refractivity contribution in [3.05, 3.63) is 0 Å². The molecule has 0 amide bonds. The van der Waals surface area contributed by atoms with Crippen molar-refractivity contribution in [3.8, 4) is 0 Å². The Morgan fingerprint density at radius 2 is 1.29 bits per heavy atom. The zero-order valence-electron chi connectivity index (χ0n) is 10.3. The molecule has 0 saturated carbocycles. The summed E-state index contributed by atoms with van der Waals surface area (Å²) in [6.45, 7) is 1.43. The maximum absolute atomic E-state index is 12.9. The van der Waals surface area contributed by atoms with Crippen molar-refractivity contribution < 1.29 is 27.0 Å². The van der Waals surface area contributed by atoms with E-state index < -0.39 is 25.1 Å². The first-order valence-corrected chi connectivity index (χ1v) is 5.74. The van der Waals surface area contributed by atoms with Crippen molar-refractivity contribution in [1.82, 2.24) is 0 Å². The summed E-state index contributed by atoms with van der Waals surface area (Å²) in [5, 5.41) is 0. The molecule has 0 radical (unpaired) electrons. The van der Waals surface area contributed by atoms with Gasteiger partial charge in [0, 0.05) is 12.8 Å². The third-order valence-electron chi connectivity index (χ3n) is 2.13. The Labute approximate surface area is 99.3 Å². The van der Waals surface area contributed by atoms with Crippen LogP contribution in [0.5, 0.6) is 0 Å². The number of rotatable bonds is 10. The molecule has 0 fully saturated rings. The molecule has 0 spiro atoms. The summed E-state index contributed by atoms with van der Waals surface area (Å²) in [4.78, 5) is 0. The molecule has 0 aliphatic heterocycles. The predicted octanol–water partition coefficient (Wildman–Crippen LogP) is 3.50. The predicted molar refractivity (Wildman–Crippen MR) is 56.7 cm³/mol. The van der Waals surface area contributed by atoms with Gasteiger partial charge in [0.25, 0.3) is 11.8 Å².